The molecule has 4 nitrogen and oxygen atoms in total. The van der Waals surface area contributed by atoms with E-state index in [1.165, 1.54) is 0 Å². The summed E-state index contributed by atoms with van der Waals surface area (Å²) in [7, 11) is 0. The van der Waals surface area contributed by atoms with Gasteiger partial charge in [-0.2, -0.15) is 0 Å². The molecule has 82 valence electrons. The quantitative estimate of drug-likeness (QED) is 0.482. The Bertz CT molecular complexity index is 476. The molecule has 0 aliphatic rings. The Labute approximate surface area is 97.5 Å². The summed E-state index contributed by atoms with van der Waals surface area (Å²) in [5.41, 5.74) is 7.05. The number of thioether (sulfide) groups is 1. The molecule has 0 saturated carbocycles. The first-order chi connectivity index (χ1) is 7.75. The molecule has 16 heavy (non-hydrogen) atoms. The maximum atomic E-state index is 9.27. The van der Waals surface area contributed by atoms with Crippen LogP contribution < -0.4 is 5.73 Å². The largest absolute Gasteiger partial charge is 0.506 e. The Morgan fingerprint density at radius 3 is 2.88 bits per heavy atom. The molecule has 0 saturated heterocycles. The number of anilines is 1. The molecule has 2 rings (SSSR count). The van der Waals surface area contributed by atoms with Crippen LogP contribution in [0.2, 0.25) is 0 Å². The third-order valence-corrected chi connectivity index (χ3v) is 3.00. The van der Waals surface area contributed by atoms with Gasteiger partial charge in [0.1, 0.15) is 10.8 Å². The molecule has 0 aliphatic carbocycles. The van der Waals surface area contributed by atoms with Crippen molar-refractivity contribution in [1.29, 1.82) is 0 Å². The number of hydrogen-bond acceptors (Lipinski definition) is 5. The molecule has 0 aliphatic heterocycles. The first kappa shape index (κ1) is 10.8. The van der Waals surface area contributed by atoms with Gasteiger partial charge < -0.3 is 10.8 Å². The summed E-state index contributed by atoms with van der Waals surface area (Å²) < 4.78 is 0. The van der Waals surface area contributed by atoms with E-state index in [1.807, 2.05) is 6.07 Å². The summed E-state index contributed by atoms with van der Waals surface area (Å²) in [6.07, 6.45) is 5.02. The zero-order chi connectivity index (χ0) is 11.4. The second kappa shape index (κ2) is 4.85. The van der Waals surface area contributed by atoms with Crippen molar-refractivity contribution in [3.8, 4) is 5.75 Å². The summed E-state index contributed by atoms with van der Waals surface area (Å²) >= 11 is 1.58. The van der Waals surface area contributed by atoms with Crippen LogP contribution in [0.25, 0.3) is 0 Å². The average molecular weight is 233 g/mol. The van der Waals surface area contributed by atoms with Gasteiger partial charge in [-0.25, -0.2) is 4.98 Å². The van der Waals surface area contributed by atoms with E-state index in [-0.39, 0.29) is 5.75 Å². The van der Waals surface area contributed by atoms with Gasteiger partial charge in [-0.1, -0.05) is 6.07 Å². The monoisotopic (exact) mass is 233 g/mol. The van der Waals surface area contributed by atoms with Gasteiger partial charge >= 0.3 is 0 Å². The van der Waals surface area contributed by atoms with E-state index in [9.17, 15) is 5.11 Å². The molecule has 0 fully saturated rings. The van der Waals surface area contributed by atoms with Crippen LogP contribution in [0.15, 0.2) is 41.8 Å². The highest BCUT2D eigenvalue weighted by atomic mass is 32.2. The van der Waals surface area contributed by atoms with Gasteiger partial charge in [0.25, 0.3) is 0 Å². The molecule has 0 radical (unpaired) electrons. The van der Waals surface area contributed by atoms with E-state index >= 15 is 0 Å². The van der Waals surface area contributed by atoms with Crippen molar-refractivity contribution in [2.45, 2.75) is 10.8 Å². The molecule has 1 aromatic carbocycles. The Kier molecular flexibility index (Phi) is 3.26. The lowest BCUT2D eigenvalue weighted by Gasteiger charge is -2.03. The zero-order valence-electron chi connectivity index (χ0n) is 8.50. The first-order valence-corrected chi connectivity index (χ1v) is 5.70. The van der Waals surface area contributed by atoms with Gasteiger partial charge in [-0.15, -0.1) is 11.8 Å². The Hall–Kier alpha value is -1.75. The lowest BCUT2D eigenvalue weighted by Crippen LogP contribution is -1.89. The first-order valence-electron chi connectivity index (χ1n) is 4.72. The predicted molar refractivity (Wildman–Crippen MR) is 64.1 cm³/mol. The minimum Gasteiger partial charge on any atom is -0.506 e. The number of hydrogen-bond donors (Lipinski definition) is 2. The zero-order valence-corrected chi connectivity index (χ0v) is 9.31. The second-order valence-electron chi connectivity index (χ2n) is 3.23. The molecular weight excluding hydrogens is 222 g/mol. The highest BCUT2D eigenvalue weighted by molar-refractivity contribution is 7.98. The maximum absolute atomic E-state index is 9.27. The van der Waals surface area contributed by atoms with E-state index in [2.05, 4.69) is 9.97 Å². The van der Waals surface area contributed by atoms with E-state index in [1.54, 1.807) is 42.5 Å². The van der Waals surface area contributed by atoms with Crippen LogP contribution in [-0.4, -0.2) is 15.1 Å². The molecular formula is C11H11N3OS. The van der Waals surface area contributed by atoms with E-state index in [4.69, 9.17) is 5.73 Å². The predicted octanol–water partition coefficient (Wildman–Crippen LogP) is 2.06. The third-order valence-electron chi connectivity index (χ3n) is 2.02. The van der Waals surface area contributed by atoms with Crippen molar-refractivity contribution in [2.75, 3.05) is 5.73 Å². The van der Waals surface area contributed by atoms with Crippen LogP contribution in [0.4, 0.5) is 5.69 Å². The fraction of sp³-hybridized carbons (Fsp3) is 0.0909. The molecule has 1 aromatic heterocycles. The van der Waals surface area contributed by atoms with Gasteiger partial charge in [0.05, 0.1) is 11.9 Å². The number of phenols is 1. The summed E-state index contributed by atoms with van der Waals surface area (Å²) in [6, 6.07) is 5.20. The summed E-state index contributed by atoms with van der Waals surface area (Å²) in [5, 5.41) is 10.1. The van der Waals surface area contributed by atoms with E-state index in [0.717, 1.165) is 16.3 Å². The van der Waals surface area contributed by atoms with Crippen LogP contribution >= 0.6 is 11.8 Å². The second-order valence-corrected chi connectivity index (χ2v) is 4.22. The highest BCUT2D eigenvalue weighted by Crippen LogP contribution is 2.25. The van der Waals surface area contributed by atoms with Crippen LogP contribution in [0.1, 0.15) is 5.56 Å². The number of phenolic OH excluding ortho intramolecular Hbond substituents is 1. The van der Waals surface area contributed by atoms with Crippen LogP contribution in [0.5, 0.6) is 5.75 Å². The van der Waals surface area contributed by atoms with Crippen molar-refractivity contribution < 1.29 is 5.11 Å². The average Bonchev–Trinajstić information content (AvgIpc) is 2.32. The van der Waals surface area contributed by atoms with Crippen LogP contribution in [0.3, 0.4) is 0 Å². The van der Waals surface area contributed by atoms with Crippen molar-refractivity contribution in [3.05, 3.63) is 42.4 Å². The van der Waals surface area contributed by atoms with Gasteiger partial charge in [0.2, 0.25) is 0 Å². The van der Waals surface area contributed by atoms with Gasteiger partial charge in [0, 0.05) is 18.1 Å². The SMILES string of the molecule is Nc1cc(CSc2cnccn2)ccc1O. The molecule has 0 unspecified atom stereocenters. The molecule has 0 bridgehead atoms. The fourth-order valence-corrected chi connectivity index (χ4v) is 1.98. The molecule has 5 heteroatoms. The minimum atomic E-state index is 0.119. The summed E-state index contributed by atoms with van der Waals surface area (Å²) in [5.74, 6) is 0.872. The number of benzene rings is 1. The number of nitrogen functional groups attached to an aromatic ring is 1. The van der Waals surface area contributed by atoms with Gasteiger partial charge in [-0.05, 0) is 17.7 Å². The fourth-order valence-electron chi connectivity index (χ4n) is 1.21. The molecule has 3 N–H and O–H groups in total. The van der Waals surface area contributed by atoms with Gasteiger partial charge in [0.15, 0.2) is 0 Å². The summed E-state index contributed by atoms with van der Waals surface area (Å²) in [4.78, 5) is 8.13. The lowest BCUT2D eigenvalue weighted by atomic mass is 10.2. The van der Waals surface area contributed by atoms with E-state index < -0.39 is 0 Å². The smallest absolute Gasteiger partial charge is 0.138 e. The minimum absolute atomic E-state index is 0.119. The van der Waals surface area contributed by atoms with Crippen molar-refractivity contribution in [1.82, 2.24) is 9.97 Å². The molecule has 1 heterocycles. The van der Waals surface area contributed by atoms with Crippen molar-refractivity contribution in [3.63, 3.8) is 0 Å². The number of aromatic hydroxyl groups is 1. The topological polar surface area (TPSA) is 72.0 Å². The summed E-state index contributed by atoms with van der Waals surface area (Å²) in [6.45, 7) is 0. The third kappa shape index (κ3) is 2.64. The lowest BCUT2D eigenvalue weighted by molar-refractivity contribution is 0.478. The van der Waals surface area contributed by atoms with Gasteiger partial charge in [-0.3, -0.25) is 4.98 Å². The Morgan fingerprint density at radius 2 is 2.19 bits per heavy atom. The number of rotatable bonds is 3. The number of aromatic nitrogens is 2. The number of nitrogens with two attached hydrogens (primary N) is 1. The molecule has 0 spiro atoms. The Morgan fingerprint density at radius 1 is 1.31 bits per heavy atom. The number of nitrogens with zero attached hydrogens (tertiary/aromatic N) is 2. The molecule has 2 aromatic rings. The Balaban J connectivity index is 2.03. The van der Waals surface area contributed by atoms with Crippen molar-refractivity contribution in [2.24, 2.45) is 0 Å². The standard InChI is InChI=1S/C11H11N3OS/c12-9-5-8(1-2-10(9)15)7-16-11-6-13-3-4-14-11/h1-6,15H,7,12H2. The van der Waals surface area contributed by atoms with E-state index in [0.29, 0.717) is 5.69 Å². The van der Waals surface area contributed by atoms with Crippen LogP contribution in [0, 0.1) is 0 Å². The molecule has 0 amide bonds. The molecule has 0 atom stereocenters. The highest BCUT2D eigenvalue weighted by Gasteiger charge is 2.00. The van der Waals surface area contributed by atoms with Crippen LogP contribution in [-0.2, 0) is 5.75 Å². The maximum Gasteiger partial charge on any atom is 0.138 e. The normalized spacial score (nSPS) is 10.2. The van der Waals surface area contributed by atoms with Crippen molar-refractivity contribution >= 4 is 17.4 Å².